The van der Waals surface area contributed by atoms with Gasteiger partial charge in [0.15, 0.2) is 0 Å². The number of hydrogen-bond donors (Lipinski definition) is 2. The number of rotatable bonds is 4. The quantitative estimate of drug-likeness (QED) is 0.732. The van der Waals surface area contributed by atoms with Crippen LogP contribution in [0.1, 0.15) is 19.4 Å². The summed E-state index contributed by atoms with van der Waals surface area (Å²) in [7, 11) is 0. The lowest BCUT2D eigenvalue weighted by molar-refractivity contribution is 0.0709. The second-order valence-electron chi connectivity index (χ2n) is 4.35. The van der Waals surface area contributed by atoms with Crippen LogP contribution in [0, 0.1) is 5.41 Å². The Morgan fingerprint density at radius 2 is 1.86 bits per heavy atom. The zero-order chi connectivity index (χ0) is 10.6. The molecule has 0 amide bonds. The molecule has 2 heteroatoms. The first-order chi connectivity index (χ1) is 6.56. The predicted octanol–water partition coefficient (Wildman–Crippen LogP) is 2.55. The van der Waals surface area contributed by atoms with Crippen molar-refractivity contribution in [3.63, 3.8) is 0 Å². The fourth-order valence-electron chi connectivity index (χ4n) is 1.49. The molecule has 0 heterocycles. The lowest BCUT2D eigenvalue weighted by Gasteiger charge is -2.29. The molecule has 1 aromatic carbocycles. The molecule has 1 unspecified atom stereocenters. The van der Waals surface area contributed by atoms with Crippen molar-refractivity contribution < 1.29 is 5.11 Å². The summed E-state index contributed by atoms with van der Waals surface area (Å²) in [5, 5.41) is 9.77. The fourth-order valence-corrected chi connectivity index (χ4v) is 1.98. The van der Waals surface area contributed by atoms with E-state index >= 15 is 0 Å². The Bertz CT molecular complexity index is 269. The average Bonchev–Trinajstić information content (AvgIpc) is 2.17. The largest absolute Gasteiger partial charge is 0.392 e. The van der Waals surface area contributed by atoms with E-state index in [0.717, 1.165) is 6.42 Å². The number of aliphatic hydroxyl groups is 1. The van der Waals surface area contributed by atoms with Gasteiger partial charge in [-0.1, -0.05) is 44.2 Å². The third-order valence-electron chi connectivity index (χ3n) is 2.58. The Labute approximate surface area is 91.6 Å². The predicted molar refractivity (Wildman–Crippen MR) is 63.8 cm³/mol. The highest BCUT2D eigenvalue weighted by atomic mass is 32.1. The van der Waals surface area contributed by atoms with Gasteiger partial charge in [0.05, 0.1) is 6.10 Å². The van der Waals surface area contributed by atoms with Gasteiger partial charge in [-0.05, 0) is 17.4 Å². The van der Waals surface area contributed by atoms with Crippen LogP contribution < -0.4 is 0 Å². The van der Waals surface area contributed by atoms with Gasteiger partial charge in [0.25, 0.3) is 0 Å². The smallest absolute Gasteiger partial charge is 0.0682 e. The van der Waals surface area contributed by atoms with E-state index in [1.165, 1.54) is 5.56 Å². The Hall–Kier alpha value is -0.470. The monoisotopic (exact) mass is 210 g/mol. The summed E-state index contributed by atoms with van der Waals surface area (Å²) in [6.07, 6.45) is 0.529. The second-order valence-corrected chi connectivity index (χ2v) is 4.71. The number of benzene rings is 1. The van der Waals surface area contributed by atoms with Crippen molar-refractivity contribution in [3.05, 3.63) is 35.9 Å². The molecule has 0 aliphatic heterocycles. The van der Waals surface area contributed by atoms with Crippen molar-refractivity contribution in [2.24, 2.45) is 5.41 Å². The van der Waals surface area contributed by atoms with E-state index in [9.17, 15) is 5.11 Å². The van der Waals surface area contributed by atoms with Crippen LogP contribution in [0.2, 0.25) is 0 Å². The summed E-state index contributed by atoms with van der Waals surface area (Å²) in [6.45, 7) is 4.14. The first kappa shape index (κ1) is 11.6. The SMILES string of the molecule is CC(C)(Cc1ccccc1)C(O)CS. The maximum absolute atomic E-state index is 9.77. The maximum Gasteiger partial charge on any atom is 0.0682 e. The van der Waals surface area contributed by atoms with Gasteiger partial charge in [-0.15, -0.1) is 0 Å². The van der Waals surface area contributed by atoms with E-state index in [1.54, 1.807) is 0 Å². The van der Waals surface area contributed by atoms with Crippen LogP contribution in [-0.2, 0) is 6.42 Å². The van der Waals surface area contributed by atoms with Gasteiger partial charge in [0.2, 0.25) is 0 Å². The highest BCUT2D eigenvalue weighted by molar-refractivity contribution is 7.80. The molecule has 14 heavy (non-hydrogen) atoms. The van der Waals surface area contributed by atoms with Gasteiger partial charge in [0.1, 0.15) is 0 Å². The van der Waals surface area contributed by atoms with Gasteiger partial charge in [-0.2, -0.15) is 12.6 Å². The minimum atomic E-state index is -0.356. The van der Waals surface area contributed by atoms with E-state index in [2.05, 4.69) is 38.6 Å². The van der Waals surface area contributed by atoms with Crippen LogP contribution >= 0.6 is 12.6 Å². The zero-order valence-corrected chi connectivity index (χ0v) is 9.67. The Kier molecular flexibility index (Phi) is 4.02. The highest BCUT2D eigenvalue weighted by Crippen LogP contribution is 2.26. The molecule has 0 saturated carbocycles. The van der Waals surface area contributed by atoms with Gasteiger partial charge < -0.3 is 5.11 Å². The topological polar surface area (TPSA) is 20.2 Å². The van der Waals surface area contributed by atoms with Gasteiger partial charge >= 0.3 is 0 Å². The number of hydrogen-bond acceptors (Lipinski definition) is 2. The van der Waals surface area contributed by atoms with E-state index in [-0.39, 0.29) is 11.5 Å². The summed E-state index contributed by atoms with van der Waals surface area (Å²) < 4.78 is 0. The summed E-state index contributed by atoms with van der Waals surface area (Å²) in [6, 6.07) is 10.2. The lowest BCUT2D eigenvalue weighted by atomic mass is 9.81. The molecule has 0 radical (unpaired) electrons. The van der Waals surface area contributed by atoms with Gasteiger partial charge in [0, 0.05) is 5.75 Å². The minimum absolute atomic E-state index is 0.108. The molecule has 0 spiro atoms. The van der Waals surface area contributed by atoms with E-state index in [4.69, 9.17) is 0 Å². The highest BCUT2D eigenvalue weighted by Gasteiger charge is 2.26. The van der Waals surface area contributed by atoms with Crippen molar-refractivity contribution in [2.45, 2.75) is 26.4 Å². The zero-order valence-electron chi connectivity index (χ0n) is 8.77. The van der Waals surface area contributed by atoms with Gasteiger partial charge in [-0.25, -0.2) is 0 Å². The van der Waals surface area contributed by atoms with E-state index in [0.29, 0.717) is 5.75 Å². The molecule has 0 saturated heterocycles. The average molecular weight is 210 g/mol. The second kappa shape index (κ2) is 4.85. The van der Waals surface area contributed by atoms with E-state index in [1.807, 2.05) is 18.2 Å². The Balaban J connectivity index is 2.68. The third-order valence-corrected chi connectivity index (χ3v) is 2.92. The Morgan fingerprint density at radius 1 is 1.29 bits per heavy atom. The van der Waals surface area contributed by atoms with Crippen molar-refractivity contribution >= 4 is 12.6 Å². The summed E-state index contributed by atoms with van der Waals surface area (Å²) in [4.78, 5) is 0. The molecule has 78 valence electrons. The Morgan fingerprint density at radius 3 is 2.36 bits per heavy atom. The summed E-state index contributed by atoms with van der Waals surface area (Å²) in [5.74, 6) is 0.514. The van der Waals surface area contributed by atoms with Crippen LogP contribution in [0.25, 0.3) is 0 Å². The third kappa shape index (κ3) is 3.03. The first-order valence-corrected chi connectivity index (χ1v) is 5.52. The number of aliphatic hydroxyl groups excluding tert-OH is 1. The fraction of sp³-hybridized carbons (Fsp3) is 0.500. The molecule has 0 bridgehead atoms. The molecule has 1 N–H and O–H groups in total. The molecule has 0 aliphatic carbocycles. The van der Waals surface area contributed by atoms with E-state index < -0.39 is 0 Å². The molecule has 0 aliphatic rings. The lowest BCUT2D eigenvalue weighted by Crippen LogP contribution is -2.32. The molecule has 0 aromatic heterocycles. The molecular weight excluding hydrogens is 192 g/mol. The summed E-state index contributed by atoms with van der Waals surface area (Å²) in [5.41, 5.74) is 1.15. The first-order valence-electron chi connectivity index (χ1n) is 4.89. The standard InChI is InChI=1S/C12H18OS/c1-12(2,11(13)9-14)8-10-6-4-3-5-7-10/h3-7,11,13-14H,8-9H2,1-2H3. The molecule has 1 rings (SSSR count). The molecular formula is C12H18OS. The van der Waals surface area contributed by atoms with Crippen LogP contribution in [0.5, 0.6) is 0 Å². The molecule has 0 fully saturated rings. The van der Waals surface area contributed by atoms with Crippen LogP contribution in [0.4, 0.5) is 0 Å². The van der Waals surface area contributed by atoms with Crippen molar-refractivity contribution in [2.75, 3.05) is 5.75 Å². The van der Waals surface area contributed by atoms with Crippen LogP contribution in [0.3, 0.4) is 0 Å². The maximum atomic E-state index is 9.77. The normalized spacial score (nSPS) is 14.0. The molecule has 1 atom stereocenters. The van der Waals surface area contributed by atoms with Crippen LogP contribution in [0.15, 0.2) is 30.3 Å². The molecule has 1 aromatic rings. The van der Waals surface area contributed by atoms with Crippen molar-refractivity contribution in [1.82, 2.24) is 0 Å². The summed E-state index contributed by atoms with van der Waals surface area (Å²) >= 11 is 4.13. The van der Waals surface area contributed by atoms with Crippen LogP contribution in [-0.4, -0.2) is 17.0 Å². The van der Waals surface area contributed by atoms with Gasteiger partial charge in [-0.3, -0.25) is 0 Å². The molecule has 1 nitrogen and oxygen atoms in total. The number of thiol groups is 1. The van der Waals surface area contributed by atoms with Crippen molar-refractivity contribution in [3.8, 4) is 0 Å². The minimum Gasteiger partial charge on any atom is -0.392 e. The van der Waals surface area contributed by atoms with Crippen molar-refractivity contribution in [1.29, 1.82) is 0 Å².